The smallest absolute Gasteiger partial charge is 0.257 e. The van der Waals surface area contributed by atoms with E-state index in [1.807, 2.05) is 13.8 Å². The zero-order chi connectivity index (χ0) is 12.4. The Balaban J connectivity index is 2.27. The van der Waals surface area contributed by atoms with Gasteiger partial charge in [-0.3, -0.25) is 9.78 Å². The monoisotopic (exact) mass is 237 g/mol. The lowest BCUT2D eigenvalue weighted by molar-refractivity contribution is 0.0539. The molecule has 0 radical (unpaired) electrons. The van der Waals surface area contributed by atoms with Gasteiger partial charge >= 0.3 is 0 Å². The maximum absolute atomic E-state index is 13.5. The normalized spacial score (nSPS) is 24.8. The Bertz CT molecular complexity index is 414. The van der Waals surface area contributed by atoms with Crippen LogP contribution >= 0.6 is 0 Å². The summed E-state index contributed by atoms with van der Waals surface area (Å²) in [6, 6.07) is 1.57. The number of carbonyl (C=O) groups is 1. The van der Waals surface area contributed by atoms with Gasteiger partial charge in [-0.25, -0.2) is 4.39 Å². The number of pyridine rings is 1. The van der Waals surface area contributed by atoms with Crippen LogP contribution in [0.3, 0.4) is 0 Å². The molecule has 0 bridgehead atoms. The minimum absolute atomic E-state index is 0.0683. The van der Waals surface area contributed by atoms with Crippen LogP contribution in [0.25, 0.3) is 0 Å². The van der Waals surface area contributed by atoms with Crippen molar-refractivity contribution < 1.29 is 9.18 Å². The Kier molecular flexibility index (Phi) is 3.38. The minimum atomic E-state index is -0.560. The summed E-state index contributed by atoms with van der Waals surface area (Å²) in [6.45, 7) is 5.39. The first-order chi connectivity index (χ1) is 8.11. The molecule has 1 saturated heterocycles. The first-order valence-corrected chi connectivity index (χ1v) is 5.74. The van der Waals surface area contributed by atoms with Crippen LogP contribution in [0.5, 0.6) is 0 Å². The largest absolute Gasteiger partial charge is 0.331 e. The average Bonchev–Trinajstić information content (AvgIpc) is 2.29. The highest BCUT2D eigenvalue weighted by Crippen LogP contribution is 2.16. The van der Waals surface area contributed by atoms with Gasteiger partial charge in [0, 0.05) is 31.4 Å². The fraction of sp³-hybridized carbons (Fsp3) is 0.500. The Morgan fingerprint density at radius 2 is 2.12 bits per heavy atom. The van der Waals surface area contributed by atoms with E-state index in [0.717, 1.165) is 19.3 Å². The number of piperazine rings is 1. The van der Waals surface area contributed by atoms with Crippen LogP contribution in [0.15, 0.2) is 18.5 Å². The van der Waals surface area contributed by atoms with Crippen LogP contribution in [-0.2, 0) is 0 Å². The van der Waals surface area contributed by atoms with E-state index < -0.39 is 5.82 Å². The van der Waals surface area contributed by atoms with E-state index in [4.69, 9.17) is 0 Å². The number of halogens is 1. The number of nitrogens with zero attached hydrogens (tertiary/aromatic N) is 2. The number of amides is 1. The zero-order valence-electron chi connectivity index (χ0n) is 9.98. The molecule has 92 valence electrons. The van der Waals surface area contributed by atoms with Crippen LogP contribution < -0.4 is 5.32 Å². The van der Waals surface area contributed by atoms with Gasteiger partial charge < -0.3 is 10.2 Å². The van der Waals surface area contributed by atoms with Crippen LogP contribution in [0.4, 0.5) is 4.39 Å². The number of nitrogens with one attached hydrogen (secondary N) is 1. The quantitative estimate of drug-likeness (QED) is 0.794. The molecule has 1 aromatic heterocycles. The summed E-state index contributed by atoms with van der Waals surface area (Å²) in [4.78, 5) is 17.7. The van der Waals surface area contributed by atoms with E-state index in [1.54, 1.807) is 4.90 Å². The lowest BCUT2D eigenvalue weighted by Gasteiger charge is -2.39. The Labute approximate surface area is 99.8 Å². The van der Waals surface area contributed by atoms with Crippen molar-refractivity contribution in [3.8, 4) is 0 Å². The third-order valence-electron chi connectivity index (χ3n) is 3.07. The summed E-state index contributed by atoms with van der Waals surface area (Å²) >= 11 is 0. The van der Waals surface area contributed by atoms with Crippen molar-refractivity contribution in [1.29, 1.82) is 0 Å². The van der Waals surface area contributed by atoms with Crippen molar-refractivity contribution in [3.05, 3.63) is 29.8 Å². The molecule has 0 aromatic carbocycles. The molecule has 1 N–H and O–H groups in total. The van der Waals surface area contributed by atoms with Gasteiger partial charge in [-0.05, 0) is 19.9 Å². The molecule has 2 rings (SSSR count). The molecule has 0 saturated carbocycles. The van der Waals surface area contributed by atoms with Gasteiger partial charge in [-0.2, -0.15) is 0 Å². The Hall–Kier alpha value is -1.49. The molecule has 1 aliphatic rings. The van der Waals surface area contributed by atoms with E-state index in [9.17, 15) is 9.18 Å². The lowest BCUT2D eigenvalue weighted by atomic mass is 10.1. The van der Waals surface area contributed by atoms with Gasteiger partial charge in [0.2, 0.25) is 0 Å². The number of carbonyl (C=O) groups excluding carboxylic acids is 1. The molecule has 2 atom stereocenters. The second-order valence-corrected chi connectivity index (χ2v) is 4.42. The van der Waals surface area contributed by atoms with E-state index in [-0.39, 0.29) is 23.6 Å². The van der Waals surface area contributed by atoms with Gasteiger partial charge in [-0.1, -0.05) is 0 Å². The fourth-order valence-electron chi connectivity index (χ4n) is 2.22. The average molecular weight is 237 g/mol. The number of hydrogen-bond donors (Lipinski definition) is 1. The van der Waals surface area contributed by atoms with Crippen molar-refractivity contribution in [1.82, 2.24) is 15.2 Å². The molecule has 4 nitrogen and oxygen atoms in total. The first kappa shape index (κ1) is 12.0. The molecule has 2 heterocycles. The van der Waals surface area contributed by atoms with E-state index in [1.165, 1.54) is 12.3 Å². The first-order valence-electron chi connectivity index (χ1n) is 5.74. The van der Waals surface area contributed by atoms with Gasteiger partial charge in [0.1, 0.15) is 0 Å². The summed E-state index contributed by atoms with van der Waals surface area (Å²) in [7, 11) is 0. The SMILES string of the molecule is CC1CNCC(C)N1C(=O)c1ccncc1F. The van der Waals surface area contributed by atoms with Crippen molar-refractivity contribution in [2.24, 2.45) is 0 Å². The van der Waals surface area contributed by atoms with Gasteiger partial charge in [0.15, 0.2) is 5.82 Å². The number of aromatic nitrogens is 1. The number of hydrogen-bond acceptors (Lipinski definition) is 3. The van der Waals surface area contributed by atoms with Crippen LogP contribution in [-0.4, -0.2) is 41.0 Å². The molecule has 5 heteroatoms. The second-order valence-electron chi connectivity index (χ2n) is 4.42. The molecule has 1 aliphatic heterocycles. The maximum Gasteiger partial charge on any atom is 0.257 e. The molecule has 0 spiro atoms. The van der Waals surface area contributed by atoms with Crippen LogP contribution in [0.2, 0.25) is 0 Å². The fourth-order valence-corrected chi connectivity index (χ4v) is 2.22. The summed E-state index contributed by atoms with van der Waals surface area (Å²) < 4.78 is 13.5. The van der Waals surface area contributed by atoms with Crippen molar-refractivity contribution >= 4 is 5.91 Å². The molecule has 2 unspecified atom stereocenters. The molecule has 1 amide bonds. The van der Waals surface area contributed by atoms with Crippen LogP contribution in [0.1, 0.15) is 24.2 Å². The van der Waals surface area contributed by atoms with Gasteiger partial charge in [-0.15, -0.1) is 0 Å². The molecule has 1 fully saturated rings. The Morgan fingerprint density at radius 3 is 2.71 bits per heavy atom. The predicted molar refractivity (Wildman–Crippen MR) is 62.2 cm³/mol. The van der Waals surface area contributed by atoms with Crippen LogP contribution in [0, 0.1) is 5.82 Å². The lowest BCUT2D eigenvalue weighted by Crippen LogP contribution is -2.57. The predicted octanol–water partition coefficient (Wildman–Crippen LogP) is 1.04. The molecular formula is C12H16FN3O. The van der Waals surface area contributed by atoms with E-state index >= 15 is 0 Å². The highest BCUT2D eigenvalue weighted by atomic mass is 19.1. The van der Waals surface area contributed by atoms with Crippen molar-refractivity contribution in [2.75, 3.05) is 13.1 Å². The third kappa shape index (κ3) is 2.29. The van der Waals surface area contributed by atoms with Gasteiger partial charge in [0.25, 0.3) is 5.91 Å². The van der Waals surface area contributed by atoms with Gasteiger partial charge in [0.05, 0.1) is 11.8 Å². The summed E-state index contributed by atoms with van der Waals surface area (Å²) in [5, 5.41) is 3.24. The molecule has 0 aliphatic carbocycles. The molecule has 17 heavy (non-hydrogen) atoms. The van der Waals surface area contributed by atoms with Crippen molar-refractivity contribution in [2.45, 2.75) is 25.9 Å². The Morgan fingerprint density at radius 1 is 1.47 bits per heavy atom. The molecule has 1 aromatic rings. The third-order valence-corrected chi connectivity index (χ3v) is 3.07. The molecular weight excluding hydrogens is 221 g/mol. The second kappa shape index (κ2) is 4.79. The number of rotatable bonds is 1. The highest BCUT2D eigenvalue weighted by Gasteiger charge is 2.30. The highest BCUT2D eigenvalue weighted by molar-refractivity contribution is 5.94. The maximum atomic E-state index is 13.5. The standard InChI is InChI=1S/C12H16FN3O/c1-8-5-15-6-9(2)16(8)12(17)10-3-4-14-7-11(10)13/h3-4,7-9,15H,5-6H2,1-2H3. The summed E-state index contributed by atoms with van der Waals surface area (Å²) in [6.07, 6.45) is 2.51. The van der Waals surface area contributed by atoms with Crippen molar-refractivity contribution in [3.63, 3.8) is 0 Å². The topological polar surface area (TPSA) is 45.2 Å². The summed E-state index contributed by atoms with van der Waals surface area (Å²) in [5.74, 6) is -0.818. The summed E-state index contributed by atoms with van der Waals surface area (Å²) in [5.41, 5.74) is 0.0978. The van der Waals surface area contributed by atoms with E-state index in [0.29, 0.717) is 0 Å². The zero-order valence-corrected chi connectivity index (χ0v) is 9.98. The van der Waals surface area contributed by atoms with E-state index in [2.05, 4.69) is 10.3 Å². The minimum Gasteiger partial charge on any atom is -0.331 e.